The summed E-state index contributed by atoms with van der Waals surface area (Å²) in [6, 6.07) is 12.3. The zero-order chi connectivity index (χ0) is 18.1. The van der Waals surface area contributed by atoms with Gasteiger partial charge in [-0.2, -0.15) is 5.10 Å². The van der Waals surface area contributed by atoms with Crippen LogP contribution in [-0.4, -0.2) is 22.5 Å². The number of hydrogen-bond donors (Lipinski definition) is 2. The molecule has 0 aliphatic carbocycles. The second kappa shape index (κ2) is 8.15. The largest absolute Gasteiger partial charge is 0.326 e. The Morgan fingerprint density at radius 3 is 2.70 bits per heavy atom. The number of carbonyl (C=O) groups is 1. The molecule has 27 heavy (non-hydrogen) atoms. The van der Waals surface area contributed by atoms with E-state index in [-0.39, 0.29) is 18.3 Å². The Morgan fingerprint density at radius 1 is 1.11 bits per heavy atom. The molecule has 2 aromatic carbocycles. The monoisotopic (exact) mass is 400 g/mol. The molecule has 2 aliphatic rings. The summed E-state index contributed by atoms with van der Waals surface area (Å²) in [5, 5.41) is 8.24. The molecule has 0 unspecified atom stereocenters. The summed E-state index contributed by atoms with van der Waals surface area (Å²) in [4.78, 5) is 16.2. The van der Waals surface area contributed by atoms with E-state index in [0.717, 1.165) is 45.6 Å². The smallest absolute Gasteiger partial charge is 0.224 e. The molecule has 2 heterocycles. The first-order valence-electron chi connectivity index (χ1n) is 8.63. The topological polar surface area (TPSA) is 65.8 Å². The van der Waals surface area contributed by atoms with Crippen LogP contribution in [0.2, 0.25) is 0 Å². The van der Waals surface area contributed by atoms with Crippen molar-refractivity contribution in [2.75, 3.05) is 11.1 Å². The third kappa shape index (κ3) is 4.34. The van der Waals surface area contributed by atoms with Gasteiger partial charge in [0.05, 0.1) is 11.4 Å². The summed E-state index contributed by atoms with van der Waals surface area (Å²) in [7, 11) is 0. The highest BCUT2D eigenvalue weighted by Gasteiger charge is 2.18. The van der Waals surface area contributed by atoms with Gasteiger partial charge in [-0.3, -0.25) is 10.2 Å². The van der Waals surface area contributed by atoms with E-state index < -0.39 is 0 Å². The van der Waals surface area contributed by atoms with Crippen LogP contribution >= 0.6 is 24.2 Å². The number of amidine groups is 1. The molecule has 4 rings (SSSR count). The Bertz CT molecular complexity index is 955. The number of aryl methyl sites for hydroxylation is 3. The highest BCUT2D eigenvalue weighted by atomic mass is 35.5. The number of rotatable bonds is 2. The van der Waals surface area contributed by atoms with Gasteiger partial charge >= 0.3 is 0 Å². The predicted molar refractivity (Wildman–Crippen MR) is 116 cm³/mol. The average Bonchev–Trinajstić information content (AvgIpc) is 2.64. The molecule has 2 N–H and O–H groups in total. The van der Waals surface area contributed by atoms with Gasteiger partial charge in [0, 0.05) is 17.9 Å². The molecule has 140 valence electrons. The highest BCUT2D eigenvalue weighted by molar-refractivity contribution is 8.14. The lowest BCUT2D eigenvalue weighted by molar-refractivity contribution is -0.116. The lowest BCUT2D eigenvalue weighted by Crippen LogP contribution is -2.25. The first kappa shape index (κ1) is 19.5. The van der Waals surface area contributed by atoms with Crippen LogP contribution in [0.4, 0.5) is 11.4 Å². The molecule has 0 aromatic heterocycles. The molecule has 0 spiro atoms. The van der Waals surface area contributed by atoms with Crippen molar-refractivity contribution in [1.29, 1.82) is 0 Å². The molecule has 0 bridgehead atoms. The zero-order valence-electron chi connectivity index (χ0n) is 15.2. The maximum absolute atomic E-state index is 11.5. The van der Waals surface area contributed by atoms with Gasteiger partial charge in [-0.15, -0.1) is 12.4 Å². The second-order valence-corrected chi connectivity index (χ2v) is 7.55. The van der Waals surface area contributed by atoms with Crippen LogP contribution in [0.1, 0.15) is 28.7 Å². The number of fused-ring (bicyclic) bond motifs is 1. The fraction of sp³-hybridized carbons (Fsp3) is 0.250. The third-order valence-corrected chi connectivity index (χ3v) is 5.41. The Morgan fingerprint density at radius 2 is 1.96 bits per heavy atom. The number of amides is 1. The van der Waals surface area contributed by atoms with E-state index in [0.29, 0.717) is 6.42 Å². The van der Waals surface area contributed by atoms with Crippen LogP contribution in [0, 0.1) is 13.8 Å². The summed E-state index contributed by atoms with van der Waals surface area (Å²) in [5.41, 5.74) is 10.6. The van der Waals surface area contributed by atoms with Gasteiger partial charge in [0.2, 0.25) is 5.91 Å². The van der Waals surface area contributed by atoms with E-state index in [1.54, 1.807) is 11.8 Å². The van der Waals surface area contributed by atoms with Gasteiger partial charge in [0.1, 0.15) is 0 Å². The number of hydrazone groups is 1. The number of thioether (sulfide) groups is 1. The summed E-state index contributed by atoms with van der Waals surface area (Å²) in [6.07, 6.45) is 1.32. The van der Waals surface area contributed by atoms with E-state index in [1.807, 2.05) is 18.2 Å². The standard InChI is InChI=1S/C20H20N4OS.ClH/c1-12-3-6-16(13(2)9-12)22-20-24-23-18(11-26-20)15-4-7-17-14(10-15)5-8-19(25)21-17;/h3-4,6-7,9-10H,5,8,11H2,1-2H3,(H,21,25)(H,22,24);1H. The lowest BCUT2D eigenvalue weighted by atomic mass is 9.99. The van der Waals surface area contributed by atoms with Crippen LogP contribution in [0.3, 0.4) is 0 Å². The zero-order valence-corrected chi connectivity index (χ0v) is 16.8. The van der Waals surface area contributed by atoms with Crippen LogP contribution in [-0.2, 0) is 11.2 Å². The summed E-state index contributed by atoms with van der Waals surface area (Å²) in [6.45, 7) is 4.15. The van der Waals surface area contributed by atoms with E-state index in [2.05, 4.69) is 52.9 Å². The molecule has 1 amide bonds. The Labute approximate surface area is 169 Å². The van der Waals surface area contributed by atoms with Crippen molar-refractivity contribution in [2.45, 2.75) is 26.7 Å². The minimum atomic E-state index is 0. The number of nitrogens with zero attached hydrogens (tertiary/aromatic N) is 2. The number of aliphatic imine (C=N–C) groups is 1. The van der Waals surface area contributed by atoms with Crippen molar-refractivity contribution in [1.82, 2.24) is 5.43 Å². The summed E-state index contributed by atoms with van der Waals surface area (Å²) >= 11 is 1.65. The molecular formula is C20H21ClN4OS. The van der Waals surface area contributed by atoms with E-state index in [1.165, 1.54) is 11.1 Å². The number of halogens is 1. The Kier molecular flexibility index (Phi) is 5.87. The summed E-state index contributed by atoms with van der Waals surface area (Å²) in [5.74, 6) is 0.853. The quantitative estimate of drug-likeness (QED) is 0.788. The number of anilines is 1. The van der Waals surface area contributed by atoms with E-state index >= 15 is 0 Å². The van der Waals surface area contributed by atoms with Gasteiger partial charge in [-0.05, 0) is 55.2 Å². The van der Waals surface area contributed by atoms with Crippen LogP contribution in [0.25, 0.3) is 0 Å². The molecule has 0 radical (unpaired) electrons. The van der Waals surface area contributed by atoms with E-state index in [9.17, 15) is 4.79 Å². The van der Waals surface area contributed by atoms with Crippen molar-refractivity contribution in [2.24, 2.45) is 10.1 Å². The SMILES string of the molecule is Cc1ccc(N=C2NN=C(c3ccc4c(c3)CCC(=O)N4)CS2)c(C)c1.Cl. The van der Waals surface area contributed by atoms with Crippen LogP contribution in [0.5, 0.6) is 0 Å². The molecule has 0 atom stereocenters. The van der Waals surface area contributed by atoms with E-state index in [4.69, 9.17) is 0 Å². The number of hydrogen-bond acceptors (Lipinski definition) is 4. The molecule has 5 nitrogen and oxygen atoms in total. The third-order valence-electron chi connectivity index (χ3n) is 4.54. The van der Waals surface area contributed by atoms with Crippen molar-refractivity contribution < 1.29 is 4.79 Å². The maximum Gasteiger partial charge on any atom is 0.224 e. The van der Waals surface area contributed by atoms with Crippen LogP contribution < -0.4 is 10.7 Å². The van der Waals surface area contributed by atoms with Crippen LogP contribution in [0.15, 0.2) is 46.5 Å². The van der Waals surface area contributed by atoms with Crippen molar-refractivity contribution in [3.05, 3.63) is 58.7 Å². The molecule has 0 saturated carbocycles. The Balaban J connectivity index is 0.00000210. The number of benzene rings is 2. The van der Waals surface area contributed by atoms with Crippen molar-refractivity contribution in [3.63, 3.8) is 0 Å². The average molecular weight is 401 g/mol. The molecule has 0 fully saturated rings. The fourth-order valence-electron chi connectivity index (χ4n) is 3.12. The highest BCUT2D eigenvalue weighted by Crippen LogP contribution is 2.26. The minimum Gasteiger partial charge on any atom is -0.326 e. The molecular weight excluding hydrogens is 380 g/mol. The molecule has 2 aromatic rings. The van der Waals surface area contributed by atoms with Gasteiger partial charge in [-0.25, -0.2) is 4.99 Å². The maximum atomic E-state index is 11.5. The Hall–Kier alpha value is -2.31. The minimum absolute atomic E-state index is 0. The van der Waals surface area contributed by atoms with Crippen molar-refractivity contribution >= 4 is 52.3 Å². The molecule has 2 aliphatic heterocycles. The van der Waals surface area contributed by atoms with Crippen molar-refractivity contribution in [3.8, 4) is 0 Å². The first-order chi connectivity index (χ1) is 12.6. The fourth-order valence-corrected chi connectivity index (χ4v) is 3.90. The predicted octanol–water partition coefficient (Wildman–Crippen LogP) is 4.34. The molecule has 0 saturated heterocycles. The second-order valence-electron chi connectivity index (χ2n) is 6.59. The van der Waals surface area contributed by atoms with Gasteiger partial charge < -0.3 is 5.32 Å². The normalized spacial score (nSPS) is 17.3. The number of carbonyl (C=O) groups excluding carboxylic acids is 1. The van der Waals surface area contributed by atoms with Gasteiger partial charge in [-0.1, -0.05) is 35.5 Å². The summed E-state index contributed by atoms with van der Waals surface area (Å²) < 4.78 is 0. The van der Waals surface area contributed by atoms with Gasteiger partial charge in [0.25, 0.3) is 0 Å². The number of nitrogens with one attached hydrogen (secondary N) is 2. The van der Waals surface area contributed by atoms with Gasteiger partial charge in [0.15, 0.2) is 5.17 Å². The lowest BCUT2D eigenvalue weighted by Gasteiger charge is -2.19. The molecule has 7 heteroatoms. The first-order valence-corrected chi connectivity index (χ1v) is 9.61.